The van der Waals surface area contributed by atoms with Crippen LogP contribution in [0, 0.1) is 11.8 Å². The Morgan fingerprint density at radius 3 is 1.54 bits per heavy atom. The third kappa shape index (κ3) is 23.6. The van der Waals surface area contributed by atoms with Gasteiger partial charge in [0, 0.05) is 24.7 Å². The van der Waals surface area contributed by atoms with E-state index < -0.39 is 205 Å². The molecule has 6 rings (SSSR count). The average molecular weight is 1440 g/mol. The van der Waals surface area contributed by atoms with E-state index in [1.54, 1.807) is 26.0 Å². The van der Waals surface area contributed by atoms with Crippen molar-refractivity contribution in [2.45, 2.75) is 191 Å². The Kier molecular flexibility index (Phi) is 30.1. The highest BCUT2D eigenvalue weighted by molar-refractivity contribution is 6.03. The molecule has 3 heterocycles. The van der Waals surface area contributed by atoms with E-state index in [1.165, 1.54) is 36.4 Å². The fraction of sp³-hybridized carbons (Fsp3) is 0.514. The van der Waals surface area contributed by atoms with Crippen LogP contribution in [0.4, 0.5) is 0 Å². The number of aliphatic carboxylic acids is 3. The fourth-order valence-electron chi connectivity index (χ4n) is 12.1. The van der Waals surface area contributed by atoms with E-state index in [1.807, 2.05) is 5.32 Å². The first kappa shape index (κ1) is 81.1. The Morgan fingerprint density at radius 1 is 0.553 bits per heavy atom. The number of unbranched alkanes of at least 4 members (excludes halogenated alkanes) is 1. The van der Waals surface area contributed by atoms with Crippen molar-refractivity contribution < 1.29 is 92.0 Å². The van der Waals surface area contributed by atoms with Crippen molar-refractivity contribution in [3.8, 4) is 11.1 Å². The first-order chi connectivity index (χ1) is 48.8. The van der Waals surface area contributed by atoms with Crippen molar-refractivity contribution in [1.82, 2.24) is 63.0 Å². The van der Waals surface area contributed by atoms with E-state index in [2.05, 4.69) is 103 Å². The Morgan fingerprint density at radius 2 is 1.03 bits per heavy atom. The standard InChI is InChI=1S/C70H94N14O19/c1-7-8-12-40-17-23-43(24-18-40)44-25-19-41(20-26-44)15-16-42-21-27-45(28-22-42)60(92)77-46(31-51(72)85)63(95)82-59-39(6)75-64(96)50-14-11-30-84(50)68(100)56(36(2)3)80-67(99)58(38(5)71)79-53(87)35-74-61(93)47(32-54(88)89)76-52(86)34-73-62(94)48(33-55(90)91)78-66(98)57(37(4)70(102)103)81-65(97)49-13-9-10-29-83(49)69(59)101/h17-28,36-39,46-50,56-59H,7-16,29-35,71H2,1-6H3,(H2,72,85)(H,73,94)(H,74,93)(H,75,96)(H,76,86)(H,77,92)(H,78,98)(H,79,87)(H,80,99)(H,81,97)(H,82,95)(H,88,89)(H,90,91)(H,102,103)/t37?,38?,39-,46+,47?,48+,49-,50+,56+,57+,58-,59?/m1/s1. The zero-order chi connectivity index (χ0) is 75.9. The summed E-state index contributed by atoms with van der Waals surface area (Å²) in [5.41, 5.74) is 17.3. The molecule has 3 fully saturated rings. The van der Waals surface area contributed by atoms with Gasteiger partial charge >= 0.3 is 17.9 Å². The van der Waals surface area contributed by atoms with Gasteiger partial charge in [-0.25, -0.2) is 0 Å². The number of primary amides is 1. The van der Waals surface area contributed by atoms with Crippen LogP contribution in [0.15, 0.2) is 72.8 Å². The van der Waals surface area contributed by atoms with E-state index >= 15 is 4.79 Å². The Labute approximate surface area is 594 Å². The van der Waals surface area contributed by atoms with E-state index in [0.29, 0.717) is 12.8 Å². The molecule has 3 aromatic rings. The summed E-state index contributed by atoms with van der Waals surface area (Å²) in [4.78, 5) is 221. The number of carbonyl (C=O) groups excluding carboxylic acids is 13. The molecule has 0 spiro atoms. The molecule has 0 aromatic heterocycles. The van der Waals surface area contributed by atoms with E-state index in [4.69, 9.17) is 11.5 Å². The van der Waals surface area contributed by atoms with E-state index in [-0.39, 0.29) is 50.8 Å². The Hall–Kier alpha value is -10.9. The van der Waals surface area contributed by atoms with Gasteiger partial charge in [-0.2, -0.15) is 0 Å². The van der Waals surface area contributed by atoms with Crippen LogP contribution in [0.2, 0.25) is 0 Å². The van der Waals surface area contributed by atoms with Gasteiger partial charge in [0.05, 0.1) is 44.3 Å². The molecule has 0 radical (unpaired) electrons. The lowest BCUT2D eigenvalue weighted by Crippen LogP contribution is -2.66. The van der Waals surface area contributed by atoms with Crippen LogP contribution in [0.5, 0.6) is 0 Å². The molecule has 0 bridgehead atoms. The Balaban J connectivity index is 1.32. The third-order valence-corrected chi connectivity index (χ3v) is 18.1. The molecule has 3 aliphatic rings. The van der Waals surface area contributed by atoms with Crippen molar-refractivity contribution in [2.75, 3.05) is 26.2 Å². The summed E-state index contributed by atoms with van der Waals surface area (Å²) in [5.74, 6) is -22.0. The molecule has 0 aliphatic carbocycles. The van der Waals surface area contributed by atoms with E-state index in [0.717, 1.165) is 53.3 Å². The summed E-state index contributed by atoms with van der Waals surface area (Å²) in [6.45, 7) is 6.55. The van der Waals surface area contributed by atoms with Crippen molar-refractivity contribution in [2.24, 2.45) is 23.3 Å². The quantitative estimate of drug-likeness (QED) is 0.0557. The number of rotatable bonds is 21. The van der Waals surface area contributed by atoms with Crippen LogP contribution < -0.4 is 64.6 Å². The average Bonchev–Trinajstić information content (AvgIpc) is 1.79. The first-order valence-electron chi connectivity index (χ1n) is 34.3. The predicted molar refractivity (Wildman–Crippen MR) is 368 cm³/mol. The Bertz CT molecular complexity index is 3630. The summed E-state index contributed by atoms with van der Waals surface area (Å²) < 4.78 is 0. The molecular weight excluding hydrogens is 1340 g/mol. The van der Waals surface area contributed by atoms with Crippen LogP contribution in [-0.2, 0) is 91.2 Å². The molecular formula is C70H94N14O19. The zero-order valence-electron chi connectivity index (χ0n) is 58.4. The van der Waals surface area contributed by atoms with Gasteiger partial charge in [-0.05, 0) is 124 Å². The lowest BCUT2D eigenvalue weighted by molar-refractivity contribution is -0.149. The van der Waals surface area contributed by atoms with Gasteiger partial charge in [-0.15, -0.1) is 0 Å². The van der Waals surface area contributed by atoms with Gasteiger partial charge in [0.2, 0.25) is 70.9 Å². The number of benzene rings is 3. The second-order valence-corrected chi connectivity index (χ2v) is 26.5. The highest BCUT2D eigenvalue weighted by Crippen LogP contribution is 2.25. The molecule has 3 aliphatic heterocycles. The summed E-state index contributed by atoms with van der Waals surface area (Å²) >= 11 is 0. The van der Waals surface area contributed by atoms with Crippen molar-refractivity contribution >= 4 is 94.7 Å². The SMILES string of the molecule is CCCCc1ccc(-c2ccc(CCc3ccc(C(=O)N[C@@H](CC(N)=O)C(=O)NC4C(=O)N5CCCC[C@@H]5C(=O)N[C@@H](C(C)C(=O)O)C(=O)N[C@@H](CC(=O)O)C(=O)NCC(=O)NC(CC(=O)O)C(=O)NCC(=O)N[C@H](C(C)N)C(=O)N[C@@H](C(C)C)C(=O)N5CCC[C@H]5C(=O)N[C@@H]4C)cc3)cc2)cc1. The second kappa shape index (κ2) is 38.3. The number of aryl methyl sites for hydroxylation is 3. The number of piperidine rings is 1. The maximum absolute atomic E-state index is 15.4. The lowest BCUT2D eigenvalue weighted by Gasteiger charge is -2.39. The molecule has 33 heteroatoms. The minimum atomic E-state index is -2.15. The number of nitrogens with two attached hydrogens (primary N) is 2. The van der Waals surface area contributed by atoms with Gasteiger partial charge in [-0.1, -0.05) is 87.9 Å². The number of carboxylic acid groups (broad SMARTS) is 3. The van der Waals surface area contributed by atoms with Gasteiger partial charge < -0.3 is 89.8 Å². The maximum atomic E-state index is 15.4. The normalized spacial score (nSPS) is 23.5. The number of nitrogens with one attached hydrogen (secondary N) is 10. The second-order valence-electron chi connectivity index (χ2n) is 26.5. The summed E-state index contributed by atoms with van der Waals surface area (Å²) in [5, 5.41) is 52.8. The number of carbonyl (C=O) groups is 16. The third-order valence-electron chi connectivity index (χ3n) is 18.1. The number of hydrogen-bond acceptors (Lipinski definition) is 17. The minimum Gasteiger partial charge on any atom is -0.481 e. The van der Waals surface area contributed by atoms with Gasteiger partial charge in [0.15, 0.2) is 0 Å². The molecule has 4 unspecified atom stereocenters. The highest BCUT2D eigenvalue weighted by Gasteiger charge is 2.45. The zero-order valence-corrected chi connectivity index (χ0v) is 58.4. The van der Waals surface area contributed by atoms with Crippen molar-refractivity contribution in [1.29, 1.82) is 0 Å². The van der Waals surface area contributed by atoms with E-state index in [9.17, 15) is 87.2 Å². The summed E-state index contributed by atoms with van der Waals surface area (Å²) in [6, 6.07) is 4.66. The molecule has 12 atom stereocenters. The van der Waals surface area contributed by atoms with Gasteiger partial charge in [-0.3, -0.25) is 76.7 Å². The van der Waals surface area contributed by atoms with Crippen LogP contribution >= 0.6 is 0 Å². The smallest absolute Gasteiger partial charge is 0.308 e. The molecule has 103 heavy (non-hydrogen) atoms. The molecule has 3 aromatic carbocycles. The van der Waals surface area contributed by atoms with Gasteiger partial charge in [0.25, 0.3) is 5.91 Å². The topological polar surface area (TPSA) is 513 Å². The molecule has 558 valence electrons. The maximum Gasteiger partial charge on any atom is 0.308 e. The molecule has 13 amide bonds. The number of amides is 13. The van der Waals surface area contributed by atoms with Crippen LogP contribution in [0.25, 0.3) is 11.1 Å². The summed E-state index contributed by atoms with van der Waals surface area (Å²) in [6.07, 6.45) is 1.87. The number of carboxylic acids is 3. The lowest BCUT2D eigenvalue weighted by atomic mass is 9.96. The van der Waals surface area contributed by atoms with Gasteiger partial charge in [0.1, 0.15) is 54.4 Å². The molecule has 33 nitrogen and oxygen atoms in total. The van der Waals surface area contributed by atoms with Crippen LogP contribution in [0.3, 0.4) is 0 Å². The van der Waals surface area contributed by atoms with Crippen molar-refractivity contribution in [3.05, 3.63) is 95.1 Å². The van der Waals surface area contributed by atoms with Crippen molar-refractivity contribution in [3.63, 3.8) is 0 Å². The molecule has 17 N–H and O–H groups in total. The fourth-order valence-corrected chi connectivity index (χ4v) is 12.1. The first-order valence-corrected chi connectivity index (χ1v) is 34.3. The van der Waals surface area contributed by atoms with Crippen LogP contribution in [-0.4, -0.2) is 212 Å². The molecule has 3 saturated heterocycles. The van der Waals surface area contributed by atoms with Crippen LogP contribution in [0.1, 0.15) is 133 Å². The number of hydrogen-bond donors (Lipinski definition) is 15. The predicted octanol–water partition coefficient (Wildman–Crippen LogP) is -1.84. The largest absolute Gasteiger partial charge is 0.481 e. The number of fused-ring (bicyclic) bond motifs is 2. The minimum absolute atomic E-state index is 0.0193. The number of nitrogens with zero attached hydrogens (tertiary/aromatic N) is 2. The monoisotopic (exact) mass is 1430 g/mol. The summed E-state index contributed by atoms with van der Waals surface area (Å²) in [7, 11) is 0. The molecule has 0 saturated carbocycles. The highest BCUT2D eigenvalue weighted by atomic mass is 16.4.